The quantitative estimate of drug-likeness (QED) is 0.760. The van der Waals surface area contributed by atoms with E-state index in [0.29, 0.717) is 11.8 Å². The number of amides is 1. The van der Waals surface area contributed by atoms with Crippen LogP contribution in [-0.4, -0.2) is 49.3 Å². The van der Waals surface area contributed by atoms with Gasteiger partial charge in [0.05, 0.1) is 26.2 Å². The smallest absolute Gasteiger partial charge is 0.278 e. The molecule has 0 unspecified atom stereocenters. The summed E-state index contributed by atoms with van der Waals surface area (Å²) in [5.74, 6) is 0.514. The maximum absolute atomic E-state index is 12.4. The van der Waals surface area contributed by atoms with Gasteiger partial charge in [0.25, 0.3) is 5.91 Å². The summed E-state index contributed by atoms with van der Waals surface area (Å²) in [7, 11) is 0. The van der Waals surface area contributed by atoms with Gasteiger partial charge in [-0.25, -0.2) is 0 Å². The highest BCUT2D eigenvalue weighted by molar-refractivity contribution is 5.80. The normalized spacial score (nSPS) is 21.3. The zero-order chi connectivity index (χ0) is 16.2. The minimum Gasteiger partial charge on any atom is -0.508 e. The third kappa shape index (κ3) is 3.96. The van der Waals surface area contributed by atoms with Gasteiger partial charge in [-0.3, -0.25) is 4.79 Å². The maximum atomic E-state index is 12.4. The highest BCUT2D eigenvalue weighted by atomic mass is 16.3. The highest BCUT2D eigenvalue weighted by Crippen LogP contribution is 2.18. The maximum Gasteiger partial charge on any atom is 0.278 e. The van der Waals surface area contributed by atoms with Crippen molar-refractivity contribution in [1.82, 2.24) is 5.32 Å². The van der Waals surface area contributed by atoms with Crippen molar-refractivity contribution in [3.63, 3.8) is 0 Å². The molecular weight excluding hydrogens is 290 g/mol. The summed E-state index contributed by atoms with van der Waals surface area (Å²) in [5, 5.41) is 12.6. The second-order valence-corrected chi connectivity index (χ2v) is 6.87. The molecule has 5 heteroatoms. The third-order valence-corrected chi connectivity index (χ3v) is 5.33. The van der Waals surface area contributed by atoms with E-state index in [1.54, 1.807) is 12.1 Å². The van der Waals surface area contributed by atoms with Crippen molar-refractivity contribution < 1.29 is 14.8 Å². The Bertz CT molecular complexity index is 518. The SMILES string of the molecule is C[C@H](C(=O)NC1CCCC1)[NH+]1CCN(c2ccc(O)cc2)CC1. The third-order valence-electron chi connectivity index (χ3n) is 5.33. The van der Waals surface area contributed by atoms with Gasteiger partial charge in [0.15, 0.2) is 6.04 Å². The molecule has 0 bridgehead atoms. The molecule has 0 aromatic heterocycles. The molecule has 1 aromatic carbocycles. The van der Waals surface area contributed by atoms with E-state index >= 15 is 0 Å². The molecule has 1 aliphatic carbocycles. The lowest BCUT2D eigenvalue weighted by atomic mass is 10.1. The lowest BCUT2D eigenvalue weighted by Crippen LogP contribution is -3.19. The summed E-state index contributed by atoms with van der Waals surface area (Å²) in [4.78, 5) is 16.1. The topological polar surface area (TPSA) is 57.0 Å². The van der Waals surface area contributed by atoms with E-state index in [4.69, 9.17) is 0 Å². The van der Waals surface area contributed by atoms with Crippen LogP contribution in [0, 0.1) is 0 Å². The average molecular weight is 318 g/mol. The number of phenols is 1. The summed E-state index contributed by atoms with van der Waals surface area (Å²) in [6.07, 6.45) is 4.78. The molecule has 1 amide bonds. The number of rotatable bonds is 4. The number of carbonyl (C=O) groups is 1. The van der Waals surface area contributed by atoms with Crippen LogP contribution in [0.5, 0.6) is 5.75 Å². The summed E-state index contributed by atoms with van der Waals surface area (Å²) in [5.41, 5.74) is 1.14. The van der Waals surface area contributed by atoms with Crippen LogP contribution in [-0.2, 0) is 4.79 Å². The Morgan fingerprint density at radius 2 is 1.83 bits per heavy atom. The van der Waals surface area contributed by atoms with E-state index in [1.165, 1.54) is 17.7 Å². The van der Waals surface area contributed by atoms with Crippen molar-refractivity contribution in [3.8, 4) is 5.75 Å². The van der Waals surface area contributed by atoms with Gasteiger partial charge in [0, 0.05) is 11.7 Å². The molecule has 3 rings (SSSR count). The predicted molar refractivity (Wildman–Crippen MR) is 90.9 cm³/mol. The minimum atomic E-state index is 0.0255. The largest absolute Gasteiger partial charge is 0.508 e. The molecular formula is C18H28N3O2+. The monoisotopic (exact) mass is 318 g/mol. The summed E-state index contributed by atoms with van der Waals surface area (Å²) >= 11 is 0. The molecule has 1 heterocycles. The van der Waals surface area contributed by atoms with Crippen LogP contribution >= 0.6 is 0 Å². The van der Waals surface area contributed by atoms with Gasteiger partial charge < -0.3 is 20.2 Å². The fourth-order valence-corrected chi connectivity index (χ4v) is 3.73. The zero-order valence-electron chi connectivity index (χ0n) is 13.9. The molecule has 2 aliphatic rings. The fourth-order valence-electron chi connectivity index (χ4n) is 3.73. The Morgan fingerprint density at radius 1 is 1.22 bits per heavy atom. The van der Waals surface area contributed by atoms with E-state index in [0.717, 1.165) is 44.7 Å². The number of quaternary nitrogens is 1. The van der Waals surface area contributed by atoms with Gasteiger partial charge in [0.2, 0.25) is 0 Å². The molecule has 1 saturated carbocycles. The van der Waals surface area contributed by atoms with E-state index in [9.17, 15) is 9.90 Å². The molecule has 1 aromatic rings. The van der Waals surface area contributed by atoms with Gasteiger partial charge in [-0.1, -0.05) is 12.8 Å². The van der Waals surface area contributed by atoms with Gasteiger partial charge in [-0.15, -0.1) is 0 Å². The minimum absolute atomic E-state index is 0.0255. The van der Waals surface area contributed by atoms with Gasteiger partial charge in [0.1, 0.15) is 5.75 Å². The summed E-state index contributed by atoms with van der Waals surface area (Å²) < 4.78 is 0. The summed E-state index contributed by atoms with van der Waals surface area (Å²) in [6.45, 7) is 5.89. The molecule has 5 nitrogen and oxygen atoms in total. The number of carbonyl (C=O) groups excluding carboxylic acids is 1. The molecule has 1 atom stereocenters. The number of nitrogens with one attached hydrogen (secondary N) is 2. The molecule has 1 aliphatic heterocycles. The van der Waals surface area contributed by atoms with Crippen molar-refractivity contribution in [2.45, 2.75) is 44.7 Å². The molecule has 0 radical (unpaired) electrons. The van der Waals surface area contributed by atoms with E-state index < -0.39 is 0 Å². The van der Waals surface area contributed by atoms with Crippen molar-refractivity contribution in [1.29, 1.82) is 0 Å². The molecule has 126 valence electrons. The van der Waals surface area contributed by atoms with Crippen LogP contribution in [0.1, 0.15) is 32.6 Å². The highest BCUT2D eigenvalue weighted by Gasteiger charge is 2.30. The first-order chi connectivity index (χ1) is 11.1. The van der Waals surface area contributed by atoms with Crippen LogP contribution in [0.4, 0.5) is 5.69 Å². The number of anilines is 1. The second kappa shape index (κ2) is 7.21. The molecule has 1 saturated heterocycles. The number of hydrogen-bond donors (Lipinski definition) is 3. The molecule has 23 heavy (non-hydrogen) atoms. The van der Waals surface area contributed by atoms with E-state index in [2.05, 4.69) is 17.1 Å². The van der Waals surface area contributed by atoms with Crippen LogP contribution in [0.15, 0.2) is 24.3 Å². The van der Waals surface area contributed by atoms with Crippen molar-refractivity contribution >= 4 is 11.6 Å². The Morgan fingerprint density at radius 3 is 2.43 bits per heavy atom. The fraction of sp³-hybridized carbons (Fsp3) is 0.611. The zero-order valence-corrected chi connectivity index (χ0v) is 13.9. The molecule has 0 spiro atoms. The first-order valence-corrected chi connectivity index (χ1v) is 8.82. The second-order valence-electron chi connectivity index (χ2n) is 6.87. The summed E-state index contributed by atoms with van der Waals surface area (Å²) in [6, 6.07) is 7.80. The lowest BCUT2D eigenvalue weighted by molar-refractivity contribution is -0.914. The lowest BCUT2D eigenvalue weighted by Gasteiger charge is -2.36. The average Bonchev–Trinajstić information content (AvgIpc) is 3.08. The number of piperazine rings is 1. The van der Waals surface area contributed by atoms with Gasteiger partial charge >= 0.3 is 0 Å². The standard InChI is InChI=1S/C18H27N3O2/c1-14(18(23)19-15-4-2-3-5-15)20-10-12-21(13-11-20)16-6-8-17(22)9-7-16/h6-9,14-15,22H,2-5,10-13H2,1H3,(H,19,23)/p+1/t14-/m1/s1. The number of nitrogens with zero attached hydrogens (tertiary/aromatic N) is 1. The number of hydrogen-bond acceptors (Lipinski definition) is 3. The van der Waals surface area contributed by atoms with Crippen LogP contribution in [0.25, 0.3) is 0 Å². The van der Waals surface area contributed by atoms with Crippen molar-refractivity contribution in [2.24, 2.45) is 0 Å². The number of benzene rings is 1. The number of phenolic OH excluding ortho intramolecular Hbond substituents is 1. The van der Waals surface area contributed by atoms with E-state index in [-0.39, 0.29) is 11.9 Å². The van der Waals surface area contributed by atoms with E-state index in [1.807, 2.05) is 12.1 Å². The Hall–Kier alpha value is -1.75. The Balaban J connectivity index is 1.49. The van der Waals surface area contributed by atoms with Crippen molar-refractivity contribution in [3.05, 3.63) is 24.3 Å². The Kier molecular flexibility index (Phi) is 5.06. The number of aromatic hydroxyl groups is 1. The van der Waals surface area contributed by atoms with Gasteiger partial charge in [-0.05, 0) is 44.0 Å². The first kappa shape index (κ1) is 16.1. The van der Waals surface area contributed by atoms with Crippen LogP contribution in [0.2, 0.25) is 0 Å². The van der Waals surface area contributed by atoms with Crippen LogP contribution in [0.3, 0.4) is 0 Å². The molecule has 2 fully saturated rings. The van der Waals surface area contributed by atoms with Gasteiger partial charge in [-0.2, -0.15) is 0 Å². The molecule has 3 N–H and O–H groups in total. The van der Waals surface area contributed by atoms with Crippen molar-refractivity contribution in [2.75, 3.05) is 31.1 Å². The predicted octanol–water partition coefficient (Wildman–Crippen LogP) is 0.544. The Labute approximate surface area is 138 Å². The van der Waals surface area contributed by atoms with Crippen LogP contribution < -0.4 is 15.1 Å². The first-order valence-electron chi connectivity index (χ1n) is 8.82.